The topological polar surface area (TPSA) is 58.2 Å². The van der Waals surface area contributed by atoms with Gasteiger partial charge in [0.2, 0.25) is 11.8 Å². The number of carbonyl (C=O) groups excluding carboxylic acids is 2. The molecule has 0 radical (unpaired) electrons. The van der Waals surface area contributed by atoms with Gasteiger partial charge < -0.3 is 10.6 Å². The van der Waals surface area contributed by atoms with Crippen LogP contribution >= 0.6 is 0 Å². The summed E-state index contributed by atoms with van der Waals surface area (Å²) >= 11 is 0. The molecule has 2 atom stereocenters. The van der Waals surface area contributed by atoms with Crippen molar-refractivity contribution in [3.05, 3.63) is 59.4 Å². The van der Waals surface area contributed by atoms with Crippen molar-refractivity contribution in [1.29, 1.82) is 0 Å². The smallest absolute Gasteiger partial charge is 0.228 e. The van der Waals surface area contributed by atoms with E-state index in [0.717, 1.165) is 12.1 Å². The molecule has 2 amide bonds. The van der Waals surface area contributed by atoms with Crippen LogP contribution in [0.4, 0.5) is 24.5 Å². The fourth-order valence-electron chi connectivity index (χ4n) is 2.76. The van der Waals surface area contributed by atoms with Gasteiger partial charge in [0.05, 0.1) is 11.4 Å². The largest absolute Gasteiger partial charge is 0.324 e. The van der Waals surface area contributed by atoms with Crippen LogP contribution in [0.5, 0.6) is 0 Å². The van der Waals surface area contributed by atoms with E-state index in [9.17, 15) is 22.8 Å². The Morgan fingerprint density at radius 1 is 1.00 bits per heavy atom. The summed E-state index contributed by atoms with van der Waals surface area (Å²) in [6.07, 6.45) is 0.536. The van der Waals surface area contributed by atoms with E-state index in [-0.39, 0.29) is 29.0 Å². The van der Waals surface area contributed by atoms with Crippen molar-refractivity contribution in [1.82, 2.24) is 0 Å². The Labute approximate surface area is 142 Å². The first kappa shape index (κ1) is 17.0. The lowest BCUT2D eigenvalue weighted by Crippen LogP contribution is -2.17. The fraction of sp³-hybridized carbons (Fsp3) is 0.222. The van der Waals surface area contributed by atoms with Crippen molar-refractivity contribution in [2.24, 2.45) is 5.92 Å². The zero-order chi connectivity index (χ0) is 18.1. The number of carbonyl (C=O) groups is 2. The Morgan fingerprint density at radius 3 is 2.24 bits per heavy atom. The molecule has 0 bridgehead atoms. The van der Waals surface area contributed by atoms with E-state index >= 15 is 0 Å². The average molecular weight is 348 g/mol. The second kappa shape index (κ2) is 6.58. The van der Waals surface area contributed by atoms with Crippen LogP contribution in [0.15, 0.2) is 36.4 Å². The highest BCUT2D eigenvalue weighted by atomic mass is 19.2. The van der Waals surface area contributed by atoms with Gasteiger partial charge in [-0.1, -0.05) is 12.1 Å². The van der Waals surface area contributed by atoms with E-state index in [1.54, 1.807) is 12.1 Å². The number of amides is 2. The van der Waals surface area contributed by atoms with Crippen LogP contribution < -0.4 is 10.6 Å². The fourth-order valence-corrected chi connectivity index (χ4v) is 2.76. The third-order valence-corrected chi connectivity index (χ3v) is 4.03. The molecular weight excluding hydrogens is 333 g/mol. The molecule has 130 valence electrons. The molecule has 4 nitrogen and oxygen atoms in total. The summed E-state index contributed by atoms with van der Waals surface area (Å²) < 4.78 is 40.1. The molecule has 0 spiro atoms. The molecule has 1 saturated carbocycles. The summed E-state index contributed by atoms with van der Waals surface area (Å²) in [4.78, 5) is 23.5. The summed E-state index contributed by atoms with van der Waals surface area (Å²) in [6.45, 7) is 1.22. The lowest BCUT2D eigenvalue weighted by molar-refractivity contribution is -0.117. The first-order valence-electron chi connectivity index (χ1n) is 7.68. The zero-order valence-electron chi connectivity index (χ0n) is 13.3. The Hall–Kier alpha value is -2.83. The normalized spacial score (nSPS) is 18.6. The van der Waals surface area contributed by atoms with Gasteiger partial charge in [-0.2, -0.15) is 0 Å². The molecule has 0 saturated heterocycles. The van der Waals surface area contributed by atoms with Crippen molar-refractivity contribution in [2.75, 3.05) is 10.6 Å². The van der Waals surface area contributed by atoms with Crippen LogP contribution in [-0.2, 0) is 9.59 Å². The molecule has 0 unspecified atom stereocenters. The van der Waals surface area contributed by atoms with E-state index in [2.05, 4.69) is 10.6 Å². The van der Waals surface area contributed by atoms with Gasteiger partial charge in [0.25, 0.3) is 0 Å². The number of nitrogens with one attached hydrogen (secondary N) is 2. The van der Waals surface area contributed by atoms with Gasteiger partial charge in [0, 0.05) is 25.0 Å². The third kappa shape index (κ3) is 3.81. The van der Waals surface area contributed by atoms with Gasteiger partial charge in [-0.25, -0.2) is 13.2 Å². The van der Waals surface area contributed by atoms with Crippen LogP contribution in [0, 0.1) is 23.4 Å². The van der Waals surface area contributed by atoms with E-state index < -0.39 is 23.4 Å². The molecule has 0 heterocycles. The molecule has 25 heavy (non-hydrogen) atoms. The molecule has 0 aliphatic heterocycles. The van der Waals surface area contributed by atoms with Crippen molar-refractivity contribution >= 4 is 23.2 Å². The minimum atomic E-state index is -1.14. The van der Waals surface area contributed by atoms with Crippen molar-refractivity contribution in [3.8, 4) is 0 Å². The van der Waals surface area contributed by atoms with Gasteiger partial charge in [-0.3, -0.25) is 9.59 Å². The monoisotopic (exact) mass is 348 g/mol. The number of halogens is 3. The average Bonchev–Trinajstić information content (AvgIpc) is 3.32. The van der Waals surface area contributed by atoms with Crippen molar-refractivity contribution < 1.29 is 22.8 Å². The molecule has 3 rings (SSSR count). The molecule has 7 heteroatoms. The molecule has 2 N–H and O–H groups in total. The second-order valence-corrected chi connectivity index (χ2v) is 5.99. The lowest BCUT2D eigenvalue weighted by Gasteiger charge is -2.12. The van der Waals surface area contributed by atoms with E-state index in [0.29, 0.717) is 12.0 Å². The first-order valence-corrected chi connectivity index (χ1v) is 7.68. The SMILES string of the molecule is CC(=O)Nc1cc(F)c(F)cc1NC(=O)[C@@H]1C[C@@H]1c1cccc(F)c1. The number of hydrogen-bond acceptors (Lipinski definition) is 2. The number of hydrogen-bond donors (Lipinski definition) is 2. The van der Waals surface area contributed by atoms with Crippen LogP contribution in [0.1, 0.15) is 24.8 Å². The second-order valence-electron chi connectivity index (χ2n) is 5.99. The predicted molar refractivity (Wildman–Crippen MR) is 86.5 cm³/mol. The van der Waals surface area contributed by atoms with Crippen LogP contribution in [0.3, 0.4) is 0 Å². The van der Waals surface area contributed by atoms with Gasteiger partial charge in [-0.05, 0) is 30.0 Å². The number of rotatable bonds is 4. The van der Waals surface area contributed by atoms with Crippen LogP contribution in [-0.4, -0.2) is 11.8 Å². The van der Waals surface area contributed by atoms with E-state index in [4.69, 9.17) is 0 Å². The van der Waals surface area contributed by atoms with Crippen LogP contribution in [0.2, 0.25) is 0 Å². The predicted octanol–water partition coefficient (Wildman–Crippen LogP) is 3.80. The first-order chi connectivity index (χ1) is 11.8. The van der Waals surface area contributed by atoms with Crippen molar-refractivity contribution in [2.45, 2.75) is 19.3 Å². The molecule has 1 fully saturated rings. The van der Waals surface area contributed by atoms with Gasteiger partial charge in [0.1, 0.15) is 5.82 Å². The quantitative estimate of drug-likeness (QED) is 0.883. The molecule has 1 aliphatic carbocycles. The molecule has 0 aromatic heterocycles. The van der Waals surface area contributed by atoms with E-state index in [1.165, 1.54) is 19.1 Å². The molecule has 2 aromatic rings. The van der Waals surface area contributed by atoms with Gasteiger partial charge >= 0.3 is 0 Å². The minimum Gasteiger partial charge on any atom is -0.324 e. The Balaban J connectivity index is 1.75. The van der Waals surface area contributed by atoms with E-state index in [1.807, 2.05) is 0 Å². The summed E-state index contributed by atoms with van der Waals surface area (Å²) in [7, 11) is 0. The summed E-state index contributed by atoms with van der Waals surface area (Å²) in [5.74, 6) is -4.03. The van der Waals surface area contributed by atoms with Crippen molar-refractivity contribution in [3.63, 3.8) is 0 Å². The highest BCUT2D eigenvalue weighted by Crippen LogP contribution is 2.48. The highest BCUT2D eigenvalue weighted by molar-refractivity contribution is 6.01. The number of benzene rings is 2. The molecule has 1 aliphatic rings. The third-order valence-electron chi connectivity index (χ3n) is 4.03. The lowest BCUT2D eigenvalue weighted by atomic mass is 10.1. The Bertz CT molecular complexity index is 854. The summed E-state index contributed by atoms with van der Waals surface area (Å²) in [6, 6.07) is 7.63. The zero-order valence-corrected chi connectivity index (χ0v) is 13.3. The van der Waals surface area contributed by atoms with Gasteiger partial charge in [0.15, 0.2) is 11.6 Å². The molecule has 2 aromatic carbocycles. The van der Waals surface area contributed by atoms with Crippen LogP contribution in [0.25, 0.3) is 0 Å². The maximum Gasteiger partial charge on any atom is 0.228 e. The Kier molecular flexibility index (Phi) is 4.48. The maximum atomic E-state index is 13.5. The standard InChI is InChI=1S/C18H15F3N2O2/c1-9(24)22-16-7-14(20)15(21)8-17(16)23-18(25)13-6-12(13)10-3-2-4-11(19)5-10/h2-5,7-8,12-13H,6H2,1H3,(H,22,24)(H,23,25)/t12-,13-/m1/s1. The van der Waals surface area contributed by atoms with Gasteiger partial charge in [-0.15, -0.1) is 0 Å². The molecular formula is C18H15F3N2O2. The summed E-state index contributed by atoms with van der Waals surface area (Å²) in [5, 5.41) is 4.85. The minimum absolute atomic E-state index is 0.0241. The number of anilines is 2. The highest BCUT2D eigenvalue weighted by Gasteiger charge is 2.44. The summed E-state index contributed by atoms with van der Waals surface area (Å²) in [5.41, 5.74) is 0.666. The maximum absolute atomic E-state index is 13.5. The Morgan fingerprint density at radius 2 is 1.64 bits per heavy atom.